The van der Waals surface area contributed by atoms with Gasteiger partial charge in [0.1, 0.15) is 5.15 Å². The van der Waals surface area contributed by atoms with Gasteiger partial charge in [0.15, 0.2) is 6.61 Å². The minimum absolute atomic E-state index is 0.0870. The molecule has 0 saturated carbocycles. The Morgan fingerprint density at radius 3 is 2.48 bits per heavy atom. The number of aromatic nitrogens is 1. The molecule has 0 bridgehead atoms. The van der Waals surface area contributed by atoms with Gasteiger partial charge in [0.25, 0.3) is 5.91 Å². The minimum atomic E-state index is -0.710. The Morgan fingerprint density at radius 2 is 1.83 bits per heavy atom. The number of nitrogens with zero attached hydrogens (tertiary/aromatic N) is 1. The molecule has 2 rings (SSSR count). The number of halogens is 3. The number of amides is 1. The van der Waals surface area contributed by atoms with Crippen molar-refractivity contribution in [2.24, 2.45) is 0 Å². The number of hydrogen-bond acceptors (Lipinski definition) is 4. The molecule has 1 aromatic heterocycles. The van der Waals surface area contributed by atoms with Crippen LogP contribution in [-0.4, -0.2) is 23.5 Å². The fourth-order valence-electron chi connectivity index (χ4n) is 1.60. The van der Waals surface area contributed by atoms with Gasteiger partial charge < -0.3 is 10.1 Å². The van der Waals surface area contributed by atoms with Crippen LogP contribution in [0.5, 0.6) is 0 Å². The highest BCUT2D eigenvalue weighted by Crippen LogP contribution is 2.20. The first-order valence-corrected chi connectivity index (χ1v) is 7.58. The molecule has 120 valence electrons. The molecule has 0 spiro atoms. The van der Waals surface area contributed by atoms with E-state index < -0.39 is 18.5 Å². The van der Waals surface area contributed by atoms with Crippen LogP contribution in [0.15, 0.2) is 36.5 Å². The van der Waals surface area contributed by atoms with Crippen molar-refractivity contribution in [2.75, 3.05) is 6.61 Å². The van der Waals surface area contributed by atoms with Crippen molar-refractivity contribution in [1.29, 1.82) is 0 Å². The fraction of sp³-hybridized carbons (Fsp3) is 0.133. The summed E-state index contributed by atoms with van der Waals surface area (Å²) < 4.78 is 4.88. The van der Waals surface area contributed by atoms with Crippen molar-refractivity contribution in [3.63, 3.8) is 0 Å². The van der Waals surface area contributed by atoms with Crippen LogP contribution in [0.25, 0.3) is 0 Å². The molecule has 0 fully saturated rings. The Balaban J connectivity index is 1.80. The maximum atomic E-state index is 11.8. The van der Waals surface area contributed by atoms with Gasteiger partial charge in [-0.25, -0.2) is 9.78 Å². The van der Waals surface area contributed by atoms with E-state index in [0.717, 1.165) is 5.56 Å². The first-order chi connectivity index (χ1) is 11.0. The van der Waals surface area contributed by atoms with Gasteiger partial charge in [-0.15, -0.1) is 0 Å². The Bertz CT molecular complexity index is 720. The van der Waals surface area contributed by atoms with E-state index in [1.807, 2.05) is 0 Å². The Hall–Kier alpha value is -1.82. The second-order valence-electron chi connectivity index (χ2n) is 4.48. The molecule has 1 N–H and O–H groups in total. The molecule has 8 heteroatoms. The second kappa shape index (κ2) is 8.15. The van der Waals surface area contributed by atoms with Crippen LogP contribution in [0.2, 0.25) is 15.2 Å². The van der Waals surface area contributed by atoms with Crippen molar-refractivity contribution in [3.05, 3.63) is 62.9 Å². The van der Waals surface area contributed by atoms with Gasteiger partial charge in [0.2, 0.25) is 0 Å². The molecule has 2 aromatic rings. The first kappa shape index (κ1) is 17.5. The van der Waals surface area contributed by atoms with E-state index in [4.69, 9.17) is 39.5 Å². The van der Waals surface area contributed by atoms with E-state index in [2.05, 4.69) is 10.3 Å². The molecule has 1 aromatic carbocycles. The number of hydrogen-bond donors (Lipinski definition) is 1. The van der Waals surface area contributed by atoms with Gasteiger partial charge in [-0.05, 0) is 23.8 Å². The van der Waals surface area contributed by atoms with Crippen LogP contribution in [0.3, 0.4) is 0 Å². The van der Waals surface area contributed by atoms with E-state index in [0.29, 0.717) is 11.6 Å². The lowest BCUT2D eigenvalue weighted by Gasteiger charge is -2.07. The lowest BCUT2D eigenvalue weighted by atomic mass is 10.2. The summed E-state index contributed by atoms with van der Waals surface area (Å²) >= 11 is 17.2. The molecular formula is C15H11Cl3N2O3. The van der Waals surface area contributed by atoms with Crippen LogP contribution in [0.4, 0.5) is 0 Å². The maximum absolute atomic E-state index is 11.8. The third kappa shape index (κ3) is 5.39. The molecule has 0 aliphatic rings. The Labute approximate surface area is 147 Å². The summed E-state index contributed by atoms with van der Waals surface area (Å²) in [6, 6.07) is 8.34. The zero-order chi connectivity index (χ0) is 16.8. The quantitative estimate of drug-likeness (QED) is 0.643. The topological polar surface area (TPSA) is 68.3 Å². The van der Waals surface area contributed by atoms with Crippen LogP contribution in [-0.2, 0) is 16.1 Å². The van der Waals surface area contributed by atoms with E-state index in [1.54, 1.807) is 24.3 Å². The molecule has 0 unspecified atom stereocenters. The molecule has 0 saturated heterocycles. The van der Waals surface area contributed by atoms with Gasteiger partial charge in [-0.2, -0.15) is 0 Å². The standard InChI is InChI=1S/C15H11Cl3N2O3/c16-11-3-1-9(2-4-11)6-19-13(21)8-23-15(22)10-5-12(17)14(18)20-7-10/h1-5,7H,6,8H2,(H,19,21). The van der Waals surface area contributed by atoms with E-state index in [1.165, 1.54) is 12.3 Å². The molecule has 1 heterocycles. The van der Waals surface area contributed by atoms with Crippen LogP contribution in [0.1, 0.15) is 15.9 Å². The average Bonchev–Trinajstić information content (AvgIpc) is 2.54. The molecular weight excluding hydrogens is 363 g/mol. The lowest BCUT2D eigenvalue weighted by Crippen LogP contribution is -2.28. The molecule has 5 nitrogen and oxygen atoms in total. The second-order valence-corrected chi connectivity index (χ2v) is 5.68. The SMILES string of the molecule is O=C(COC(=O)c1cnc(Cl)c(Cl)c1)NCc1ccc(Cl)cc1. The predicted molar refractivity (Wildman–Crippen MR) is 87.8 cm³/mol. The third-order valence-electron chi connectivity index (χ3n) is 2.77. The summed E-state index contributed by atoms with van der Waals surface area (Å²) in [6.45, 7) is -0.103. The van der Waals surface area contributed by atoms with Crippen molar-refractivity contribution in [2.45, 2.75) is 6.54 Å². The minimum Gasteiger partial charge on any atom is -0.452 e. The lowest BCUT2D eigenvalue weighted by molar-refractivity contribution is -0.124. The monoisotopic (exact) mass is 372 g/mol. The summed E-state index contributed by atoms with van der Waals surface area (Å²) in [5.74, 6) is -1.14. The molecule has 0 aliphatic heterocycles. The number of rotatable bonds is 5. The van der Waals surface area contributed by atoms with E-state index in [-0.39, 0.29) is 15.7 Å². The molecule has 0 atom stereocenters. The maximum Gasteiger partial charge on any atom is 0.340 e. The highest BCUT2D eigenvalue weighted by Gasteiger charge is 2.12. The Morgan fingerprint density at radius 1 is 1.13 bits per heavy atom. The number of pyridine rings is 1. The summed E-state index contributed by atoms with van der Waals surface area (Å²) in [4.78, 5) is 27.2. The smallest absolute Gasteiger partial charge is 0.340 e. The highest BCUT2D eigenvalue weighted by molar-refractivity contribution is 6.41. The van der Waals surface area contributed by atoms with Gasteiger partial charge in [-0.1, -0.05) is 46.9 Å². The van der Waals surface area contributed by atoms with Crippen LogP contribution in [0, 0.1) is 0 Å². The average molecular weight is 374 g/mol. The predicted octanol–water partition coefficient (Wildman–Crippen LogP) is 3.52. The van der Waals surface area contributed by atoms with Crippen LogP contribution < -0.4 is 5.32 Å². The molecule has 0 radical (unpaired) electrons. The number of carbonyl (C=O) groups excluding carboxylic acids is 2. The third-order valence-corrected chi connectivity index (χ3v) is 3.71. The summed E-state index contributed by atoms with van der Waals surface area (Å²) in [6.07, 6.45) is 1.22. The summed E-state index contributed by atoms with van der Waals surface area (Å²) in [5.41, 5.74) is 0.993. The van der Waals surface area contributed by atoms with Gasteiger partial charge in [0, 0.05) is 17.8 Å². The van der Waals surface area contributed by atoms with Gasteiger partial charge >= 0.3 is 5.97 Å². The zero-order valence-electron chi connectivity index (χ0n) is 11.7. The number of benzene rings is 1. The number of esters is 1. The number of nitrogens with one attached hydrogen (secondary N) is 1. The van der Waals surface area contributed by atoms with Crippen molar-refractivity contribution >= 4 is 46.7 Å². The zero-order valence-corrected chi connectivity index (χ0v) is 14.0. The van der Waals surface area contributed by atoms with Gasteiger partial charge in [0.05, 0.1) is 10.6 Å². The highest BCUT2D eigenvalue weighted by atomic mass is 35.5. The fourth-order valence-corrected chi connectivity index (χ4v) is 2.00. The van der Waals surface area contributed by atoms with Gasteiger partial charge in [-0.3, -0.25) is 4.79 Å². The molecule has 1 amide bonds. The number of carbonyl (C=O) groups is 2. The van der Waals surface area contributed by atoms with E-state index >= 15 is 0 Å². The number of ether oxygens (including phenoxy) is 1. The summed E-state index contributed by atoms with van der Waals surface area (Å²) in [5, 5.41) is 3.46. The van der Waals surface area contributed by atoms with Crippen molar-refractivity contribution in [3.8, 4) is 0 Å². The normalized spacial score (nSPS) is 10.2. The molecule has 23 heavy (non-hydrogen) atoms. The van der Waals surface area contributed by atoms with Crippen molar-refractivity contribution in [1.82, 2.24) is 10.3 Å². The van der Waals surface area contributed by atoms with Crippen LogP contribution >= 0.6 is 34.8 Å². The largest absolute Gasteiger partial charge is 0.452 e. The van der Waals surface area contributed by atoms with E-state index in [9.17, 15) is 9.59 Å². The summed E-state index contributed by atoms with van der Waals surface area (Å²) in [7, 11) is 0. The Kier molecular flexibility index (Phi) is 6.21. The first-order valence-electron chi connectivity index (χ1n) is 6.45. The van der Waals surface area contributed by atoms with Crippen molar-refractivity contribution < 1.29 is 14.3 Å². The molecule has 0 aliphatic carbocycles.